The van der Waals surface area contributed by atoms with E-state index in [9.17, 15) is 9.18 Å². The van der Waals surface area contributed by atoms with Gasteiger partial charge in [0.25, 0.3) is 11.4 Å². The first-order chi connectivity index (χ1) is 14.5. The topological polar surface area (TPSA) is 83.0 Å². The van der Waals surface area contributed by atoms with E-state index in [4.69, 9.17) is 9.26 Å². The molecule has 0 N–H and O–H groups in total. The van der Waals surface area contributed by atoms with Crippen molar-refractivity contribution in [2.45, 2.75) is 17.5 Å². The number of benzene rings is 2. The lowest BCUT2D eigenvalue weighted by atomic mass is 10.2. The fourth-order valence-electron chi connectivity index (χ4n) is 2.81. The Morgan fingerprint density at radius 2 is 2.00 bits per heavy atom. The van der Waals surface area contributed by atoms with Crippen LogP contribution in [0, 0.1) is 5.82 Å². The number of methoxy groups -OCH3 is 1. The minimum Gasteiger partial charge on any atom is -0.383 e. The van der Waals surface area contributed by atoms with E-state index in [-0.39, 0.29) is 11.4 Å². The maximum Gasteiger partial charge on any atom is 0.262 e. The molecule has 0 aliphatic heterocycles. The third-order valence-electron chi connectivity index (χ3n) is 4.29. The van der Waals surface area contributed by atoms with Crippen molar-refractivity contribution in [1.82, 2.24) is 19.7 Å². The molecule has 0 unspecified atom stereocenters. The van der Waals surface area contributed by atoms with Crippen molar-refractivity contribution in [2.24, 2.45) is 0 Å². The summed E-state index contributed by atoms with van der Waals surface area (Å²) in [6.45, 7) is 0.756. The molecule has 154 valence electrons. The molecule has 0 amide bonds. The smallest absolute Gasteiger partial charge is 0.262 e. The van der Waals surface area contributed by atoms with Crippen molar-refractivity contribution in [3.8, 4) is 11.5 Å². The number of ether oxygens (including phenoxy) is 1. The van der Waals surface area contributed by atoms with E-state index >= 15 is 0 Å². The number of aromatic nitrogens is 4. The lowest BCUT2D eigenvalue weighted by Crippen LogP contribution is -2.25. The van der Waals surface area contributed by atoms with Crippen LogP contribution >= 0.6 is 27.7 Å². The Morgan fingerprint density at radius 3 is 2.77 bits per heavy atom. The van der Waals surface area contributed by atoms with Crippen LogP contribution in [0.15, 0.2) is 61.4 Å². The van der Waals surface area contributed by atoms with Crippen LogP contribution < -0.4 is 5.56 Å². The molecule has 30 heavy (non-hydrogen) atoms. The molecular formula is C20H16BrFN4O3S. The first-order valence-electron chi connectivity index (χ1n) is 8.95. The maximum atomic E-state index is 13.1. The molecule has 2 heterocycles. The maximum absolute atomic E-state index is 13.1. The minimum atomic E-state index is -0.336. The predicted molar refractivity (Wildman–Crippen MR) is 115 cm³/mol. The van der Waals surface area contributed by atoms with Gasteiger partial charge in [-0.1, -0.05) is 32.8 Å². The van der Waals surface area contributed by atoms with Gasteiger partial charge in [-0.2, -0.15) is 4.98 Å². The van der Waals surface area contributed by atoms with E-state index in [1.807, 2.05) is 6.07 Å². The normalized spacial score (nSPS) is 11.3. The van der Waals surface area contributed by atoms with Crippen LogP contribution in [0.4, 0.5) is 4.39 Å². The Bertz CT molecular complexity index is 1240. The van der Waals surface area contributed by atoms with E-state index in [0.29, 0.717) is 52.2 Å². The number of thioether (sulfide) groups is 1. The average molecular weight is 491 g/mol. The fourth-order valence-corrected chi connectivity index (χ4v) is 4.04. The zero-order valence-corrected chi connectivity index (χ0v) is 18.2. The Kier molecular flexibility index (Phi) is 6.26. The first kappa shape index (κ1) is 20.7. The summed E-state index contributed by atoms with van der Waals surface area (Å²) in [6.07, 6.45) is 0. The quantitative estimate of drug-likeness (QED) is 0.282. The third-order valence-corrected chi connectivity index (χ3v) is 5.76. The highest BCUT2D eigenvalue weighted by Crippen LogP contribution is 2.24. The Balaban J connectivity index is 1.61. The van der Waals surface area contributed by atoms with Gasteiger partial charge in [-0.3, -0.25) is 9.36 Å². The molecule has 7 nitrogen and oxygen atoms in total. The van der Waals surface area contributed by atoms with Gasteiger partial charge in [0.05, 0.1) is 29.8 Å². The molecule has 2 aromatic heterocycles. The van der Waals surface area contributed by atoms with Crippen LogP contribution in [0.2, 0.25) is 0 Å². The van der Waals surface area contributed by atoms with Crippen molar-refractivity contribution in [3.05, 3.63) is 68.9 Å². The van der Waals surface area contributed by atoms with E-state index in [1.165, 1.54) is 23.9 Å². The van der Waals surface area contributed by atoms with Gasteiger partial charge in [0.15, 0.2) is 11.0 Å². The van der Waals surface area contributed by atoms with E-state index in [2.05, 4.69) is 31.1 Å². The second-order valence-electron chi connectivity index (χ2n) is 6.32. The van der Waals surface area contributed by atoms with Crippen LogP contribution in [0.25, 0.3) is 22.4 Å². The summed E-state index contributed by atoms with van der Waals surface area (Å²) < 4.78 is 25.9. The largest absolute Gasteiger partial charge is 0.383 e. The second-order valence-corrected chi connectivity index (χ2v) is 8.17. The number of hydrogen-bond donors (Lipinski definition) is 0. The summed E-state index contributed by atoms with van der Waals surface area (Å²) in [5, 5.41) is 5.04. The highest BCUT2D eigenvalue weighted by atomic mass is 79.9. The summed E-state index contributed by atoms with van der Waals surface area (Å²) in [5.41, 5.74) is 1.10. The molecule has 0 saturated heterocycles. The Labute approximate surface area is 183 Å². The predicted octanol–water partition coefficient (Wildman–Crippen LogP) is 4.29. The Hall–Kier alpha value is -2.56. The molecule has 0 aliphatic rings. The number of halogens is 2. The van der Waals surface area contributed by atoms with Crippen molar-refractivity contribution >= 4 is 38.6 Å². The third kappa shape index (κ3) is 4.45. The fraction of sp³-hybridized carbons (Fsp3) is 0.200. The lowest BCUT2D eigenvalue weighted by Gasteiger charge is -2.12. The van der Waals surface area contributed by atoms with Gasteiger partial charge >= 0.3 is 0 Å². The molecule has 0 aliphatic carbocycles. The Morgan fingerprint density at radius 1 is 1.20 bits per heavy atom. The summed E-state index contributed by atoms with van der Waals surface area (Å²) in [5.74, 6) is 0.769. The van der Waals surface area contributed by atoms with Crippen molar-refractivity contribution in [3.63, 3.8) is 0 Å². The van der Waals surface area contributed by atoms with Gasteiger partial charge in [0.2, 0.25) is 0 Å². The average Bonchev–Trinajstić information content (AvgIpc) is 3.22. The number of rotatable bonds is 7. The molecule has 0 fully saturated rings. The van der Waals surface area contributed by atoms with Gasteiger partial charge in [0.1, 0.15) is 5.82 Å². The zero-order chi connectivity index (χ0) is 21.1. The zero-order valence-electron chi connectivity index (χ0n) is 15.8. The molecule has 0 spiro atoms. The summed E-state index contributed by atoms with van der Waals surface area (Å²) in [7, 11) is 1.58. The van der Waals surface area contributed by atoms with Crippen LogP contribution in [-0.2, 0) is 17.0 Å². The number of hydrogen-bond acceptors (Lipinski definition) is 7. The minimum absolute atomic E-state index is 0.138. The van der Waals surface area contributed by atoms with Crippen LogP contribution in [0.1, 0.15) is 5.82 Å². The van der Waals surface area contributed by atoms with Gasteiger partial charge in [-0.05, 0) is 42.5 Å². The van der Waals surface area contributed by atoms with E-state index < -0.39 is 0 Å². The highest BCUT2D eigenvalue weighted by molar-refractivity contribution is 9.10. The molecule has 0 bridgehead atoms. The first-order valence-corrected chi connectivity index (χ1v) is 10.7. The van der Waals surface area contributed by atoms with E-state index in [0.717, 1.165) is 4.47 Å². The number of nitrogens with zero attached hydrogens (tertiary/aromatic N) is 4. The van der Waals surface area contributed by atoms with Gasteiger partial charge in [-0.25, -0.2) is 9.37 Å². The molecule has 10 heteroatoms. The summed E-state index contributed by atoms with van der Waals surface area (Å²) in [6, 6.07) is 11.2. The SMILES string of the molecule is COCCn1c(SCc2noc(-c3ccc(F)cc3)n2)nc2ccc(Br)cc2c1=O. The van der Waals surface area contributed by atoms with Crippen LogP contribution in [0.3, 0.4) is 0 Å². The van der Waals surface area contributed by atoms with Crippen LogP contribution in [-0.4, -0.2) is 33.4 Å². The van der Waals surface area contributed by atoms with Gasteiger partial charge < -0.3 is 9.26 Å². The molecule has 0 atom stereocenters. The molecule has 4 rings (SSSR count). The monoisotopic (exact) mass is 490 g/mol. The molecule has 4 aromatic rings. The van der Waals surface area contributed by atoms with E-state index in [1.54, 1.807) is 35.9 Å². The van der Waals surface area contributed by atoms with Crippen LogP contribution in [0.5, 0.6) is 0 Å². The standard InChI is InChI=1S/C20H16BrFN4O3S/c1-28-9-8-26-19(27)15-10-13(21)4-7-16(15)23-20(26)30-11-17-24-18(29-25-17)12-2-5-14(22)6-3-12/h2-7,10H,8-9,11H2,1H3. The van der Waals surface area contributed by atoms with Gasteiger partial charge in [0, 0.05) is 17.1 Å². The second kappa shape index (κ2) is 9.07. The summed E-state index contributed by atoms with van der Waals surface area (Å²) in [4.78, 5) is 22.0. The molecule has 0 radical (unpaired) electrons. The number of fused-ring (bicyclic) bond motifs is 1. The van der Waals surface area contributed by atoms with Crippen molar-refractivity contribution in [2.75, 3.05) is 13.7 Å². The highest BCUT2D eigenvalue weighted by Gasteiger charge is 2.15. The van der Waals surface area contributed by atoms with Crippen molar-refractivity contribution in [1.29, 1.82) is 0 Å². The van der Waals surface area contributed by atoms with Gasteiger partial charge in [-0.15, -0.1) is 0 Å². The van der Waals surface area contributed by atoms with Crippen molar-refractivity contribution < 1.29 is 13.7 Å². The molecule has 0 saturated carbocycles. The molecule has 2 aromatic carbocycles. The lowest BCUT2D eigenvalue weighted by molar-refractivity contribution is 0.183. The molecular weight excluding hydrogens is 475 g/mol. The summed E-state index contributed by atoms with van der Waals surface area (Å²) >= 11 is 4.73.